The maximum atomic E-state index is 12.3. The van der Waals surface area contributed by atoms with Crippen LogP contribution in [0.5, 0.6) is 0 Å². The zero-order valence-electron chi connectivity index (χ0n) is 13.3. The number of aromatic nitrogens is 2. The molecule has 7 nitrogen and oxygen atoms in total. The molecule has 0 amide bonds. The Hall–Kier alpha value is -2.53. The minimum absolute atomic E-state index is 0.428. The topological polar surface area (TPSA) is 92.3 Å². The lowest BCUT2D eigenvalue weighted by Gasteiger charge is -2.19. The van der Waals surface area contributed by atoms with Crippen LogP contribution in [-0.2, 0) is 4.74 Å². The number of nitrogens with one attached hydrogen (secondary N) is 1. The molecule has 8 heteroatoms. The molecule has 0 saturated heterocycles. The van der Waals surface area contributed by atoms with E-state index in [-0.39, 0.29) is 0 Å². The highest BCUT2D eigenvalue weighted by atomic mass is 32.2. The van der Waals surface area contributed by atoms with Crippen molar-refractivity contribution in [1.82, 2.24) is 15.1 Å². The molecule has 0 aliphatic rings. The molecule has 1 aromatic carbocycles. The molecule has 0 unspecified atom stereocenters. The number of nitriles is 1. The molecule has 120 valence electrons. The third-order valence-corrected chi connectivity index (χ3v) is 3.29. The molecule has 0 atom stereocenters. The SMILES string of the molecule is CSC(=Nc1cccc2cnn(C(=O)OC(C)(C)C)c12)NC#N. The van der Waals surface area contributed by atoms with Gasteiger partial charge in [0.1, 0.15) is 11.1 Å². The number of para-hydroxylation sites is 1. The number of benzene rings is 1. The zero-order valence-corrected chi connectivity index (χ0v) is 14.1. The summed E-state index contributed by atoms with van der Waals surface area (Å²) >= 11 is 1.30. The van der Waals surface area contributed by atoms with E-state index in [1.807, 2.05) is 18.3 Å². The Labute approximate surface area is 138 Å². The van der Waals surface area contributed by atoms with E-state index in [1.54, 1.807) is 39.3 Å². The van der Waals surface area contributed by atoms with Crippen molar-refractivity contribution in [1.29, 1.82) is 5.26 Å². The molecule has 23 heavy (non-hydrogen) atoms. The van der Waals surface area contributed by atoms with E-state index in [9.17, 15) is 4.79 Å². The average Bonchev–Trinajstić information content (AvgIpc) is 2.90. The number of nitrogens with zero attached hydrogens (tertiary/aromatic N) is 4. The molecule has 0 fully saturated rings. The largest absolute Gasteiger partial charge is 0.442 e. The molecule has 1 N–H and O–H groups in total. The minimum atomic E-state index is -0.625. The van der Waals surface area contributed by atoms with Gasteiger partial charge < -0.3 is 4.74 Å². The minimum Gasteiger partial charge on any atom is -0.442 e. The van der Waals surface area contributed by atoms with E-state index in [2.05, 4.69) is 15.4 Å². The maximum absolute atomic E-state index is 12.3. The van der Waals surface area contributed by atoms with Gasteiger partial charge in [-0.15, -0.1) is 0 Å². The predicted octanol–water partition coefficient (Wildman–Crippen LogP) is 3.24. The predicted molar refractivity (Wildman–Crippen MR) is 90.7 cm³/mol. The van der Waals surface area contributed by atoms with Crippen LogP contribution in [0.4, 0.5) is 10.5 Å². The van der Waals surface area contributed by atoms with E-state index < -0.39 is 11.7 Å². The first kappa shape index (κ1) is 16.8. The lowest BCUT2D eigenvalue weighted by molar-refractivity contribution is 0.0523. The fraction of sp³-hybridized carbons (Fsp3) is 0.333. The Morgan fingerprint density at radius 2 is 2.22 bits per heavy atom. The standard InChI is InChI=1S/C15H17N5O2S/c1-15(2,3)22-14(21)20-12-10(8-18-20)6-5-7-11(12)19-13(23-4)17-9-16/h5-8H,1-4H3,(H,17,19). The monoisotopic (exact) mass is 331 g/mol. The quantitative estimate of drug-likeness (QED) is 0.373. The van der Waals surface area contributed by atoms with E-state index in [0.29, 0.717) is 16.4 Å². The number of hydrogen-bond donors (Lipinski definition) is 1. The summed E-state index contributed by atoms with van der Waals surface area (Å²) in [5, 5.41) is 16.5. The number of ether oxygens (including phenoxy) is 1. The van der Waals surface area contributed by atoms with Crippen LogP contribution in [0, 0.1) is 11.5 Å². The molecule has 0 aliphatic heterocycles. The number of carbonyl (C=O) groups is 1. The number of rotatable bonds is 1. The number of carbonyl (C=O) groups excluding carboxylic acids is 1. The van der Waals surface area contributed by atoms with Crippen LogP contribution >= 0.6 is 11.8 Å². The molecule has 1 aromatic heterocycles. The van der Waals surface area contributed by atoms with Crippen molar-refractivity contribution in [3.8, 4) is 6.19 Å². The molecule has 0 saturated carbocycles. The van der Waals surface area contributed by atoms with Gasteiger partial charge >= 0.3 is 6.09 Å². The van der Waals surface area contributed by atoms with Crippen LogP contribution in [0.15, 0.2) is 29.4 Å². The van der Waals surface area contributed by atoms with Gasteiger partial charge in [0, 0.05) is 5.39 Å². The Morgan fingerprint density at radius 1 is 1.48 bits per heavy atom. The van der Waals surface area contributed by atoms with Crippen LogP contribution in [0.25, 0.3) is 10.9 Å². The number of fused-ring (bicyclic) bond motifs is 1. The van der Waals surface area contributed by atoms with Crippen LogP contribution in [-0.4, -0.2) is 32.9 Å². The summed E-state index contributed by atoms with van der Waals surface area (Å²) in [7, 11) is 0. The molecule has 0 radical (unpaired) electrons. The third-order valence-electron chi connectivity index (χ3n) is 2.71. The molecule has 0 aliphatic carbocycles. The number of amidine groups is 1. The lowest BCUT2D eigenvalue weighted by atomic mass is 10.2. The lowest BCUT2D eigenvalue weighted by Crippen LogP contribution is -2.27. The first-order valence-corrected chi connectivity index (χ1v) is 8.06. The summed E-state index contributed by atoms with van der Waals surface area (Å²) < 4.78 is 6.55. The van der Waals surface area contributed by atoms with E-state index in [4.69, 9.17) is 10.00 Å². The maximum Gasteiger partial charge on any atom is 0.435 e. The van der Waals surface area contributed by atoms with Gasteiger partial charge in [0.05, 0.1) is 11.9 Å². The smallest absolute Gasteiger partial charge is 0.435 e. The molecule has 2 aromatic rings. The summed E-state index contributed by atoms with van der Waals surface area (Å²) in [6, 6.07) is 5.39. The summed E-state index contributed by atoms with van der Waals surface area (Å²) in [6.45, 7) is 5.37. The van der Waals surface area contributed by atoms with Gasteiger partial charge in [-0.3, -0.25) is 5.32 Å². The Balaban J connectivity index is 2.54. The highest BCUT2D eigenvalue weighted by molar-refractivity contribution is 8.13. The number of aliphatic imine (C=N–C) groups is 1. The van der Waals surface area contributed by atoms with Gasteiger partial charge in [-0.25, -0.2) is 9.79 Å². The summed E-state index contributed by atoms with van der Waals surface area (Å²) in [4.78, 5) is 16.7. The van der Waals surface area contributed by atoms with Gasteiger partial charge in [-0.2, -0.15) is 15.0 Å². The van der Waals surface area contributed by atoms with Crippen molar-refractivity contribution in [2.75, 3.05) is 6.26 Å². The zero-order chi connectivity index (χ0) is 17.0. The molecular weight excluding hydrogens is 314 g/mol. The van der Waals surface area contributed by atoms with Crippen molar-refractivity contribution < 1.29 is 9.53 Å². The highest BCUT2D eigenvalue weighted by Gasteiger charge is 2.21. The fourth-order valence-corrected chi connectivity index (χ4v) is 2.21. The Kier molecular flexibility index (Phi) is 4.91. The Morgan fingerprint density at radius 3 is 2.83 bits per heavy atom. The van der Waals surface area contributed by atoms with Gasteiger partial charge in [-0.1, -0.05) is 23.9 Å². The summed E-state index contributed by atoms with van der Waals surface area (Å²) in [5.74, 6) is 0. The van der Waals surface area contributed by atoms with Gasteiger partial charge in [-0.05, 0) is 33.1 Å². The van der Waals surface area contributed by atoms with Crippen molar-refractivity contribution in [3.05, 3.63) is 24.4 Å². The molecular formula is C15H17N5O2S. The second-order valence-corrected chi connectivity index (χ2v) is 6.40. The summed E-state index contributed by atoms with van der Waals surface area (Å²) in [6.07, 6.45) is 4.64. The first-order valence-electron chi connectivity index (χ1n) is 6.83. The second kappa shape index (κ2) is 6.71. The number of hydrogen-bond acceptors (Lipinski definition) is 6. The normalized spacial score (nSPS) is 12.0. The van der Waals surface area contributed by atoms with Gasteiger partial charge in [0.15, 0.2) is 11.4 Å². The van der Waals surface area contributed by atoms with Crippen molar-refractivity contribution in [3.63, 3.8) is 0 Å². The van der Waals surface area contributed by atoms with Crippen LogP contribution < -0.4 is 5.32 Å². The van der Waals surface area contributed by atoms with Crippen molar-refractivity contribution in [2.24, 2.45) is 4.99 Å². The van der Waals surface area contributed by atoms with Gasteiger partial charge in [0.25, 0.3) is 0 Å². The molecule has 0 bridgehead atoms. The van der Waals surface area contributed by atoms with Crippen LogP contribution in [0.1, 0.15) is 20.8 Å². The molecule has 0 spiro atoms. The first-order chi connectivity index (χ1) is 10.9. The van der Waals surface area contributed by atoms with E-state index in [1.165, 1.54) is 16.4 Å². The average molecular weight is 331 g/mol. The Bertz CT molecular complexity index is 798. The molecule has 2 rings (SSSR count). The van der Waals surface area contributed by atoms with Crippen LogP contribution in [0.3, 0.4) is 0 Å². The summed E-state index contributed by atoms with van der Waals surface area (Å²) in [5.41, 5.74) is 0.436. The third kappa shape index (κ3) is 4.02. The van der Waals surface area contributed by atoms with Crippen LogP contribution in [0.2, 0.25) is 0 Å². The van der Waals surface area contributed by atoms with E-state index >= 15 is 0 Å². The highest BCUT2D eigenvalue weighted by Crippen LogP contribution is 2.27. The van der Waals surface area contributed by atoms with Gasteiger partial charge in [0.2, 0.25) is 0 Å². The second-order valence-electron chi connectivity index (χ2n) is 5.61. The van der Waals surface area contributed by atoms with Crippen molar-refractivity contribution in [2.45, 2.75) is 26.4 Å². The van der Waals surface area contributed by atoms with E-state index in [0.717, 1.165) is 5.39 Å². The molecule has 1 heterocycles. The van der Waals surface area contributed by atoms with Crippen molar-refractivity contribution >= 4 is 39.6 Å². The fourth-order valence-electron chi connectivity index (χ4n) is 1.88. The number of thioether (sulfide) groups is 1.